The minimum atomic E-state index is -0.875. The zero-order valence-corrected chi connectivity index (χ0v) is 16.8. The molecule has 1 amide bonds. The molecule has 31 heavy (non-hydrogen) atoms. The number of carbonyl (C=O) groups excluding carboxylic acids is 2. The third-order valence-electron chi connectivity index (χ3n) is 4.09. The van der Waals surface area contributed by atoms with E-state index in [2.05, 4.69) is 11.9 Å². The fraction of sp³-hybridized carbons (Fsp3) is 0.0435. The molecule has 0 atom stereocenters. The summed E-state index contributed by atoms with van der Waals surface area (Å²) in [5, 5.41) is 12.8. The lowest BCUT2D eigenvalue weighted by atomic mass is 10.1. The molecule has 7 nitrogen and oxygen atoms in total. The van der Waals surface area contributed by atoms with E-state index in [0.717, 1.165) is 0 Å². The smallest absolute Gasteiger partial charge is 0.354 e. The van der Waals surface area contributed by atoms with Crippen LogP contribution in [0, 0.1) is 11.3 Å². The molecule has 0 fully saturated rings. The highest BCUT2D eigenvalue weighted by molar-refractivity contribution is 6.30. The Balaban J connectivity index is 1.84. The van der Waals surface area contributed by atoms with E-state index in [-0.39, 0.29) is 29.0 Å². The van der Waals surface area contributed by atoms with Gasteiger partial charge in [0.2, 0.25) is 0 Å². The molecule has 3 aromatic rings. The minimum Gasteiger partial charge on any atom is -0.422 e. The number of nitrogens with zero attached hydrogens (tertiary/aromatic N) is 1. The molecule has 8 heteroatoms. The Hall–Kier alpha value is -4.15. The predicted molar refractivity (Wildman–Crippen MR) is 116 cm³/mol. The van der Waals surface area contributed by atoms with Gasteiger partial charge >= 0.3 is 11.6 Å². The fourth-order valence-corrected chi connectivity index (χ4v) is 2.72. The average Bonchev–Trinajstić information content (AvgIpc) is 2.76. The number of carbonyl (C=O) groups is 2. The molecule has 1 aromatic heterocycles. The Morgan fingerprint density at radius 3 is 2.61 bits per heavy atom. The first kappa shape index (κ1) is 21.6. The number of esters is 1. The van der Waals surface area contributed by atoms with E-state index >= 15 is 0 Å². The number of halogens is 1. The molecule has 154 valence electrons. The molecule has 3 rings (SSSR count). The van der Waals surface area contributed by atoms with Crippen LogP contribution in [0.2, 0.25) is 5.02 Å². The van der Waals surface area contributed by atoms with Crippen LogP contribution in [-0.4, -0.2) is 18.4 Å². The Bertz CT molecular complexity index is 1300. The number of benzene rings is 2. The second kappa shape index (κ2) is 9.57. The van der Waals surface area contributed by atoms with Crippen LogP contribution in [0.5, 0.6) is 5.75 Å². The van der Waals surface area contributed by atoms with Crippen molar-refractivity contribution in [2.45, 2.75) is 0 Å². The van der Waals surface area contributed by atoms with Crippen molar-refractivity contribution in [3.05, 3.63) is 93.3 Å². The van der Waals surface area contributed by atoms with E-state index in [0.29, 0.717) is 16.0 Å². The maximum absolute atomic E-state index is 12.4. The van der Waals surface area contributed by atoms with E-state index in [1.165, 1.54) is 36.4 Å². The third kappa shape index (κ3) is 5.26. The number of fused-ring (bicyclic) bond motifs is 1. The van der Waals surface area contributed by atoms with E-state index in [1.807, 2.05) is 0 Å². The standard InChI is InChI=1S/C23H15ClN2O5/c1-2-9-26-21(27)19-11-15-5-8-18(12-20(15)31-23(19)29)30-22(28)16(13-25)10-14-3-6-17(24)7-4-14/h2-8,10-12H,1,9H2,(H,26,27)/b16-10+. The minimum absolute atomic E-state index is 0.0711. The van der Waals surface area contributed by atoms with Crippen molar-refractivity contribution in [2.24, 2.45) is 0 Å². The number of hydrogen-bond acceptors (Lipinski definition) is 6. The molecule has 0 aliphatic carbocycles. The summed E-state index contributed by atoms with van der Waals surface area (Å²) < 4.78 is 10.4. The number of amides is 1. The van der Waals surface area contributed by atoms with Gasteiger partial charge < -0.3 is 14.5 Å². The van der Waals surface area contributed by atoms with E-state index in [1.54, 1.807) is 30.3 Å². The van der Waals surface area contributed by atoms with Crippen molar-refractivity contribution in [3.8, 4) is 11.8 Å². The highest BCUT2D eigenvalue weighted by Crippen LogP contribution is 2.22. The summed E-state index contributed by atoms with van der Waals surface area (Å²) in [5.41, 5.74) is -0.492. The molecule has 0 bridgehead atoms. The Morgan fingerprint density at radius 1 is 1.19 bits per heavy atom. The SMILES string of the molecule is C=CCNC(=O)c1cc2ccc(OC(=O)/C(C#N)=C/c3ccc(Cl)cc3)cc2oc1=O. The zero-order valence-electron chi connectivity index (χ0n) is 16.1. The van der Waals surface area contributed by atoms with Crippen LogP contribution in [0.4, 0.5) is 0 Å². The van der Waals surface area contributed by atoms with Gasteiger partial charge in [0, 0.05) is 23.0 Å². The number of rotatable bonds is 6. The molecule has 0 radical (unpaired) electrons. The van der Waals surface area contributed by atoms with E-state index < -0.39 is 17.5 Å². The molecule has 1 N–H and O–H groups in total. The van der Waals surface area contributed by atoms with Gasteiger partial charge in [-0.15, -0.1) is 6.58 Å². The zero-order chi connectivity index (χ0) is 22.4. The van der Waals surface area contributed by atoms with Crippen LogP contribution in [0.15, 0.2) is 76.0 Å². The van der Waals surface area contributed by atoms with E-state index in [4.69, 9.17) is 20.8 Å². The van der Waals surface area contributed by atoms with Crippen molar-refractivity contribution < 1.29 is 18.7 Å². The van der Waals surface area contributed by atoms with Crippen LogP contribution in [0.25, 0.3) is 17.0 Å². The van der Waals surface area contributed by atoms with Gasteiger partial charge in [0.1, 0.15) is 28.5 Å². The summed E-state index contributed by atoms with van der Waals surface area (Å²) in [4.78, 5) is 36.5. The van der Waals surface area contributed by atoms with Crippen molar-refractivity contribution in [1.29, 1.82) is 5.26 Å². The first-order valence-electron chi connectivity index (χ1n) is 8.98. The molecule has 0 saturated carbocycles. The summed E-state index contributed by atoms with van der Waals surface area (Å²) >= 11 is 5.83. The molecule has 0 spiro atoms. The first-order valence-corrected chi connectivity index (χ1v) is 9.35. The van der Waals surface area contributed by atoms with Crippen LogP contribution in [0.1, 0.15) is 15.9 Å². The molecule has 1 heterocycles. The quantitative estimate of drug-likeness (QED) is 0.157. The van der Waals surface area contributed by atoms with Gasteiger partial charge in [0.25, 0.3) is 5.91 Å². The highest BCUT2D eigenvalue weighted by atomic mass is 35.5. The van der Waals surface area contributed by atoms with Gasteiger partial charge in [-0.2, -0.15) is 5.26 Å². The maximum atomic E-state index is 12.4. The molecular formula is C23H15ClN2O5. The molecular weight excluding hydrogens is 420 g/mol. The maximum Gasteiger partial charge on any atom is 0.354 e. The summed E-state index contributed by atoms with van der Waals surface area (Å²) in [5.74, 6) is -1.39. The van der Waals surface area contributed by atoms with Gasteiger partial charge in [0.15, 0.2) is 0 Å². The number of nitrogens with one attached hydrogen (secondary N) is 1. The Labute approximate surface area is 181 Å². The van der Waals surface area contributed by atoms with Gasteiger partial charge in [0.05, 0.1) is 0 Å². The molecule has 0 saturated heterocycles. The van der Waals surface area contributed by atoms with Crippen LogP contribution < -0.4 is 15.7 Å². The first-order chi connectivity index (χ1) is 14.9. The summed E-state index contributed by atoms with van der Waals surface area (Å²) in [6.45, 7) is 3.69. The van der Waals surface area contributed by atoms with Crippen LogP contribution >= 0.6 is 11.6 Å². The fourth-order valence-electron chi connectivity index (χ4n) is 2.60. The lowest BCUT2D eigenvalue weighted by molar-refractivity contribution is -0.129. The van der Waals surface area contributed by atoms with E-state index in [9.17, 15) is 19.6 Å². The van der Waals surface area contributed by atoms with Gasteiger partial charge in [-0.05, 0) is 42.0 Å². The second-order valence-corrected chi connectivity index (χ2v) is 6.69. The lowest BCUT2D eigenvalue weighted by Gasteiger charge is -2.06. The number of hydrogen-bond donors (Lipinski definition) is 1. The van der Waals surface area contributed by atoms with Crippen molar-refractivity contribution in [3.63, 3.8) is 0 Å². The van der Waals surface area contributed by atoms with Crippen LogP contribution in [0.3, 0.4) is 0 Å². The van der Waals surface area contributed by atoms with Crippen LogP contribution in [-0.2, 0) is 4.79 Å². The third-order valence-corrected chi connectivity index (χ3v) is 4.34. The largest absolute Gasteiger partial charge is 0.422 e. The second-order valence-electron chi connectivity index (χ2n) is 6.26. The molecule has 0 aliphatic heterocycles. The summed E-state index contributed by atoms with van der Waals surface area (Å²) in [6.07, 6.45) is 2.85. The van der Waals surface area contributed by atoms with Gasteiger partial charge in [-0.3, -0.25) is 4.79 Å². The monoisotopic (exact) mass is 434 g/mol. The lowest BCUT2D eigenvalue weighted by Crippen LogP contribution is -2.28. The molecule has 0 aliphatic rings. The topological polar surface area (TPSA) is 109 Å². The molecule has 2 aromatic carbocycles. The highest BCUT2D eigenvalue weighted by Gasteiger charge is 2.16. The molecule has 0 unspecified atom stereocenters. The van der Waals surface area contributed by atoms with Crippen molar-refractivity contribution >= 4 is 40.5 Å². The number of ether oxygens (including phenoxy) is 1. The van der Waals surface area contributed by atoms with Crippen molar-refractivity contribution in [1.82, 2.24) is 5.32 Å². The van der Waals surface area contributed by atoms with Crippen molar-refractivity contribution in [2.75, 3.05) is 6.54 Å². The normalized spacial score (nSPS) is 10.9. The Kier molecular flexibility index (Phi) is 6.65. The predicted octanol–water partition coefficient (Wildman–Crippen LogP) is 3.87. The Morgan fingerprint density at radius 2 is 1.94 bits per heavy atom. The summed E-state index contributed by atoms with van der Waals surface area (Å²) in [7, 11) is 0. The van der Waals surface area contributed by atoms with Gasteiger partial charge in [-0.1, -0.05) is 29.8 Å². The summed E-state index contributed by atoms with van der Waals surface area (Å²) in [6, 6.07) is 14.1. The average molecular weight is 435 g/mol. The number of nitriles is 1. The van der Waals surface area contributed by atoms with Gasteiger partial charge in [-0.25, -0.2) is 9.59 Å².